The number of carbonyl (C=O) groups excluding carboxylic acids is 2. The summed E-state index contributed by atoms with van der Waals surface area (Å²) in [6.45, 7) is 8.21. The second-order valence-corrected chi connectivity index (χ2v) is 6.10. The first-order chi connectivity index (χ1) is 8.18. The monoisotopic (exact) mass is 257 g/mol. The largest absolute Gasteiger partial charge is 0.359 e. The Labute approximate surface area is 110 Å². The Morgan fingerprint density at radius 1 is 1.11 bits per heavy atom. The van der Waals surface area contributed by atoms with E-state index in [0.29, 0.717) is 12.8 Å². The standard InChI is InChI=1S/C13H27N3O2/c1-6-13(4,8-10(17)15-5)9-12(2,3)7-11(18)16-14/h6-9,14H2,1-5H3,(H,15,17)(H,16,18). The van der Waals surface area contributed by atoms with Crippen molar-refractivity contribution in [2.45, 2.75) is 53.4 Å². The molecule has 5 heteroatoms. The minimum atomic E-state index is -0.178. The van der Waals surface area contributed by atoms with Gasteiger partial charge < -0.3 is 5.32 Å². The second kappa shape index (κ2) is 6.73. The van der Waals surface area contributed by atoms with E-state index >= 15 is 0 Å². The molecule has 0 spiro atoms. The van der Waals surface area contributed by atoms with Crippen molar-refractivity contribution in [2.24, 2.45) is 16.7 Å². The summed E-state index contributed by atoms with van der Waals surface area (Å²) >= 11 is 0. The van der Waals surface area contributed by atoms with E-state index in [1.165, 1.54) is 0 Å². The molecule has 0 fully saturated rings. The molecule has 0 saturated heterocycles. The Morgan fingerprint density at radius 2 is 1.67 bits per heavy atom. The lowest BCUT2D eigenvalue weighted by atomic mass is 9.69. The highest BCUT2D eigenvalue weighted by Crippen LogP contribution is 2.40. The molecule has 106 valence electrons. The van der Waals surface area contributed by atoms with Crippen molar-refractivity contribution in [1.29, 1.82) is 0 Å². The molecule has 0 aliphatic carbocycles. The predicted molar refractivity (Wildman–Crippen MR) is 72.4 cm³/mol. The quantitative estimate of drug-likeness (QED) is 0.365. The topological polar surface area (TPSA) is 84.2 Å². The van der Waals surface area contributed by atoms with Crippen molar-refractivity contribution < 1.29 is 9.59 Å². The van der Waals surface area contributed by atoms with Gasteiger partial charge in [0.2, 0.25) is 11.8 Å². The van der Waals surface area contributed by atoms with E-state index in [0.717, 1.165) is 12.8 Å². The van der Waals surface area contributed by atoms with Crippen LogP contribution in [0.3, 0.4) is 0 Å². The van der Waals surface area contributed by atoms with Crippen molar-refractivity contribution in [1.82, 2.24) is 10.7 Å². The molecule has 0 saturated carbocycles. The molecular weight excluding hydrogens is 230 g/mol. The van der Waals surface area contributed by atoms with Crippen LogP contribution in [0.2, 0.25) is 0 Å². The van der Waals surface area contributed by atoms with Gasteiger partial charge in [0.25, 0.3) is 0 Å². The van der Waals surface area contributed by atoms with Crippen molar-refractivity contribution in [2.75, 3.05) is 7.05 Å². The van der Waals surface area contributed by atoms with Crippen LogP contribution in [0, 0.1) is 10.8 Å². The van der Waals surface area contributed by atoms with Crippen LogP contribution in [0.4, 0.5) is 0 Å². The van der Waals surface area contributed by atoms with E-state index in [9.17, 15) is 9.59 Å². The van der Waals surface area contributed by atoms with Crippen LogP contribution in [0.1, 0.15) is 53.4 Å². The summed E-state index contributed by atoms with van der Waals surface area (Å²) in [7, 11) is 1.64. The van der Waals surface area contributed by atoms with Crippen LogP contribution < -0.4 is 16.6 Å². The number of nitrogens with two attached hydrogens (primary N) is 1. The van der Waals surface area contributed by atoms with Gasteiger partial charge in [-0.25, -0.2) is 5.84 Å². The van der Waals surface area contributed by atoms with E-state index in [4.69, 9.17) is 5.84 Å². The number of hydrogen-bond acceptors (Lipinski definition) is 3. The minimum Gasteiger partial charge on any atom is -0.359 e. The summed E-state index contributed by atoms with van der Waals surface area (Å²) in [5, 5.41) is 2.65. The van der Waals surface area contributed by atoms with Crippen LogP contribution in [0.5, 0.6) is 0 Å². The lowest BCUT2D eigenvalue weighted by molar-refractivity contribution is -0.124. The Hall–Kier alpha value is -1.10. The van der Waals surface area contributed by atoms with E-state index in [-0.39, 0.29) is 22.6 Å². The molecule has 4 N–H and O–H groups in total. The zero-order valence-electron chi connectivity index (χ0n) is 12.2. The smallest absolute Gasteiger partial charge is 0.234 e. The molecular formula is C13H27N3O2. The molecule has 0 heterocycles. The molecule has 1 atom stereocenters. The zero-order valence-corrected chi connectivity index (χ0v) is 12.2. The second-order valence-electron chi connectivity index (χ2n) is 6.10. The highest BCUT2D eigenvalue weighted by Gasteiger charge is 2.34. The van der Waals surface area contributed by atoms with Crippen molar-refractivity contribution in [3.05, 3.63) is 0 Å². The summed E-state index contributed by atoms with van der Waals surface area (Å²) in [6, 6.07) is 0. The molecule has 0 aromatic rings. The minimum absolute atomic E-state index is 0.0402. The van der Waals surface area contributed by atoms with Gasteiger partial charge in [-0.3, -0.25) is 15.0 Å². The molecule has 0 aromatic carbocycles. The predicted octanol–water partition coefficient (Wildman–Crippen LogP) is 1.34. The average Bonchev–Trinajstić information content (AvgIpc) is 2.27. The Balaban J connectivity index is 4.67. The van der Waals surface area contributed by atoms with Crippen LogP contribution in [0.15, 0.2) is 0 Å². The van der Waals surface area contributed by atoms with Gasteiger partial charge in [-0.15, -0.1) is 0 Å². The Morgan fingerprint density at radius 3 is 2.06 bits per heavy atom. The number of carbonyl (C=O) groups is 2. The highest BCUT2D eigenvalue weighted by atomic mass is 16.2. The first-order valence-electron chi connectivity index (χ1n) is 6.38. The molecule has 5 nitrogen and oxygen atoms in total. The lowest BCUT2D eigenvalue weighted by Gasteiger charge is -2.36. The number of nitrogens with one attached hydrogen (secondary N) is 2. The van der Waals surface area contributed by atoms with Crippen molar-refractivity contribution in [3.63, 3.8) is 0 Å². The highest BCUT2D eigenvalue weighted by molar-refractivity contribution is 5.76. The number of rotatable bonds is 7. The van der Waals surface area contributed by atoms with Gasteiger partial charge in [0.1, 0.15) is 0 Å². The average molecular weight is 257 g/mol. The summed E-state index contributed by atoms with van der Waals surface area (Å²) < 4.78 is 0. The third kappa shape index (κ3) is 6.00. The van der Waals surface area contributed by atoms with Gasteiger partial charge >= 0.3 is 0 Å². The SMILES string of the molecule is CCC(C)(CC(=O)NC)CC(C)(C)CC(=O)NN. The molecule has 0 aliphatic heterocycles. The van der Waals surface area contributed by atoms with Gasteiger partial charge in [-0.05, 0) is 17.3 Å². The maximum Gasteiger partial charge on any atom is 0.234 e. The summed E-state index contributed by atoms with van der Waals surface area (Å²) in [6.07, 6.45) is 2.55. The van der Waals surface area contributed by atoms with Crippen LogP contribution in [-0.2, 0) is 9.59 Å². The summed E-state index contributed by atoms with van der Waals surface area (Å²) in [4.78, 5) is 22.9. The molecule has 18 heavy (non-hydrogen) atoms. The van der Waals surface area contributed by atoms with Crippen LogP contribution >= 0.6 is 0 Å². The summed E-state index contributed by atoms with van der Waals surface area (Å²) in [5.74, 6) is 4.99. The maximum atomic E-state index is 11.5. The molecule has 0 aromatic heterocycles. The van der Waals surface area contributed by atoms with Crippen LogP contribution in [0.25, 0.3) is 0 Å². The van der Waals surface area contributed by atoms with Gasteiger partial charge in [0.05, 0.1) is 0 Å². The molecule has 0 radical (unpaired) electrons. The fraction of sp³-hybridized carbons (Fsp3) is 0.846. The molecule has 2 amide bonds. The fourth-order valence-corrected chi connectivity index (χ4v) is 2.49. The third-order valence-electron chi connectivity index (χ3n) is 3.43. The molecule has 0 bridgehead atoms. The molecule has 1 unspecified atom stereocenters. The number of hydrazine groups is 1. The first-order valence-corrected chi connectivity index (χ1v) is 6.38. The van der Waals surface area contributed by atoms with Gasteiger partial charge in [0, 0.05) is 19.9 Å². The van der Waals surface area contributed by atoms with Gasteiger partial charge in [0.15, 0.2) is 0 Å². The third-order valence-corrected chi connectivity index (χ3v) is 3.43. The van der Waals surface area contributed by atoms with Gasteiger partial charge in [-0.2, -0.15) is 0 Å². The summed E-state index contributed by atoms with van der Waals surface area (Å²) in [5.41, 5.74) is 1.88. The maximum absolute atomic E-state index is 11.5. The lowest BCUT2D eigenvalue weighted by Crippen LogP contribution is -2.37. The Kier molecular flexibility index (Phi) is 6.32. The van der Waals surface area contributed by atoms with Crippen LogP contribution in [-0.4, -0.2) is 18.9 Å². The van der Waals surface area contributed by atoms with Crippen molar-refractivity contribution in [3.8, 4) is 0 Å². The Bertz CT molecular complexity index is 303. The fourth-order valence-electron chi connectivity index (χ4n) is 2.49. The normalized spacial score (nSPS) is 14.8. The van der Waals surface area contributed by atoms with E-state index in [2.05, 4.69) is 24.6 Å². The number of hydrogen-bond donors (Lipinski definition) is 3. The van der Waals surface area contributed by atoms with Crippen molar-refractivity contribution >= 4 is 11.8 Å². The van der Waals surface area contributed by atoms with E-state index in [1.807, 2.05) is 13.8 Å². The number of amides is 2. The molecule has 0 rings (SSSR count). The first kappa shape index (κ1) is 16.9. The van der Waals surface area contributed by atoms with E-state index < -0.39 is 0 Å². The zero-order chi connectivity index (χ0) is 14.4. The van der Waals surface area contributed by atoms with E-state index in [1.54, 1.807) is 7.05 Å². The molecule has 0 aliphatic rings. The van der Waals surface area contributed by atoms with Gasteiger partial charge in [-0.1, -0.05) is 34.1 Å².